The van der Waals surface area contributed by atoms with Gasteiger partial charge in [-0.3, -0.25) is 4.79 Å². The van der Waals surface area contributed by atoms with Crippen LogP contribution in [0.2, 0.25) is 0 Å². The zero-order valence-electron chi connectivity index (χ0n) is 18.5. The van der Waals surface area contributed by atoms with Gasteiger partial charge in [-0.25, -0.2) is 4.98 Å². The van der Waals surface area contributed by atoms with E-state index in [1.54, 1.807) is 0 Å². The largest absolute Gasteiger partial charge is 0.494 e. The summed E-state index contributed by atoms with van der Waals surface area (Å²) in [7, 11) is 0. The molecule has 1 aliphatic rings. The SMILES string of the molecule is Cc1ccc(OCCCn2c(CCCCCNC(=O)C3CC3)nc3ccccc32)cc1. The van der Waals surface area contributed by atoms with Crippen LogP contribution >= 0.6 is 0 Å². The van der Waals surface area contributed by atoms with Gasteiger partial charge < -0.3 is 14.6 Å². The molecule has 1 fully saturated rings. The van der Waals surface area contributed by atoms with Gasteiger partial charge in [0.1, 0.15) is 11.6 Å². The average Bonchev–Trinajstić information content (AvgIpc) is 3.57. The van der Waals surface area contributed by atoms with Crippen molar-refractivity contribution in [3.63, 3.8) is 0 Å². The van der Waals surface area contributed by atoms with Crippen molar-refractivity contribution in [3.05, 3.63) is 59.9 Å². The Labute approximate surface area is 184 Å². The first-order valence-electron chi connectivity index (χ1n) is 11.6. The molecule has 4 rings (SSSR count). The first-order chi connectivity index (χ1) is 15.2. The fourth-order valence-corrected chi connectivity index (χ4v) is 3.90. The highest BCUT2D eigenvalue weighted by Crippen LogP contribution is 2.28. The maximum absolute atomic E-state index is 11.7. The lowest BCUT2D eigenvalue weighted by molar-refractivity contribution is -0.122. The summed E-state index contributed by atoms with van der Waals surface area (Å²) in [5, 5.41) is 3.05. The predicted molar refractivity (Wildman–Crippen MR) is 124 cm³/mol. The van der Waals surface area contributed by atoms with Crippen LogP contribution in [-0.2, 0) is 17.8 Å². The maximum Gasteiger partial charge on any atom is 0.223 e. The lowest BCUT2D eigenvalue weighted by atomic mass is 10.2. The molecule has 1 aromatic heterocycles. The number of rotatable bonds is 12. The van der Waals surface area contributed by atoms with Crippen LogP contribution in [0.1, 0.15) is 49.9 Å². The van der Waals surface area contributed by atoms with Crippen molar-refractivity contribution in [1.29, 1.82) is 0 Å². The molecule has 0 aliphatic heterocycles. The average molecular weight is 420 g/mol. The van der Waals surface area contributed by atoms with Crippen molar-refractivity contribution in [2.75, 3.05) is 13.2 Å². The van der Waals surface area contributed by atoms with Gasteiger partial charge in [-0.2, -0.15) is 0 Å². The van der Waals surface area contributed by atoms with Gasteiger partial charge in [-0.15, -0.1) is 0 Å². The highest BCUT2D eigenvalue weighted by atomic mass is 16.5. The number of carbonyl (C=O) groups is 1. The molecular weight excluding hydrogens is 386 g/mol. The lowest BCUT2D eigenvalue weighted by Gasteiger charge is -2.11. The van der Waals surface area contributed by atoms with Crippen LogP contribution in [0, 0.1) is 12.8 Å². The van der Waals surface area contributed by atoms with Crippen LogP contribution in [0.4, 0.5) is 0 Å². The number of amides is 1. The molecule has 0 radical (unpaired) electrons. The summed E-state index contributed by atoms with van der Waals surface area (Å²) in [6.07, 6.45) is 7.25. The molecule has 0 bridgehead atoms. The van der Waals surface area contributed by atoms with Gasteiger partial charge in [-0.1, -0.05) is 36.2 Å². The highest BCUT2D eigenvalue weighted by molar-refractivity contribution is 5.80. The number of unbranched alkanes of at least 4 members (excludes halogenated alkanes) is 2. The van der Waals surface area contributed by atoms with Crippen molar-refractivity contribution >= 4 is 16.9 Å². The van der Waals surface area contributed by atoms with E-state index in [2.05, 4.69) is 47.1 Å². The Morgan fingerprint density at radius 2 is 1.87 bits per heavy atom. The number of benzene rings is 2. The van der Waals surface area contributed by atoms with Gasteiger partial charge in [0, 0.05) is 25.4 Å². The third kappa shape index (κ3) is 6.09. The number of nitrogens with zero attached hydrogens (tertiary/aromatic N) is 2. The summed E-state index contributed by atoms with van der Waals surface area (Å²) in [6, 6.07) is 16.6. The zero-order valence-corrected chi connectivity index (χ0v) is 18.5. The molecular formula is C26H33N3O2. The summed E-state index contributed by atoms with van der Waals surface area (Å²) in [5.41, 5.74) is 3.50. The van der Waals surface area contributed by atoms with Crippen LogP contribution in [0.5, 0.6) is 5.75 Å². The summed E-state index contributed by atoms with van der Waals surface area (Å²) < 4.78 is 8.26. The topological polar surface area (TPSA) is 56.1 Å². The molecule has 1 saturated carbocycles. The number of para-hydroxylation sites is 2. The van der Waals surface area contributed by atoms with Gasteiger partial charge >= 0.3 is 0 Å². The number of ether oxygens (including phenoxy) is 1. The quantitative estimate of drug-likeness (QED) is 0.418. The molecule has 2 aromatic carbocycles. The highest BCUT2D eigenvalue weighted by Gasteiger charge is 2.28. The van der Waals surface area contributed by atoms with E-state index in [9.17, 15) is 4.79 Å². The molecule has 5 nitrogen and oxygen atoms in total. The van der Waals surface area contributed by atoms with Crippen molar-refractivity contribution < 1.29 is 9.53 Å². The third-order valence-corrected chi connectivity index (χ3v) is 5.87. The number of hydrogen-bond acceptors (Lipinski definition) is 3. The predicted octanol–water partition coefficient (Wildman–Crippen LogP) is 5.05. The second kappa shape index (κ2) is 10.5. The molecule has 0 saturated heterocycles. The molecule has 0 unspecified atom stereocenters. The molecule has 0 atom stereocenters. The van der Waals surface area contributed by atoms with Crippen LogP contribution in [0.25, 0.3) is 11.0 Å². The molecule has 5 heteroatoms. The fraction of sp³-hybridized carbons (Fsp3) is 0.462. The van der Waals surface area contributed by atoms with E-state index in [0.29, 0.717) is 12.5 Å². The van der Waals surface area contributed by atoms with Gasteiger partial charge in [0.15, 0.2) is 0 Å². The second-order valence-corrected chi connectivity index (χ2v) is 8.56. The minimum atomic E-state index is 0.245. The van der Waals surface area contributed by atoms with Crippen molar-refractivity contribution in [2.45, 2.75) is 58.4 Å². The Morgan fingerprint density at radius 1 is 1.06 bits per heavy atom. The minimum absolute atomic E-state index is 0.245. The third-order valence-electron chi connectivity index (χ3n) is 5.87. The molecule has 1 aliphatic carbocycles. The number of fused-ring (bicyclic) bond motifs is 1. The van der Waals surface area contributed by atoms with Gasteiger partial charge in [-0.05, 0) is 63.3 Å². The van der Waals surface area contributed by atoms with Crippen LogP contribution in [0.15, 0.2) is 48.5 Å². The molecule has 1 N–H and O–H groups in total. The minimum Gasteiger partial charge on any atom is -0.494 e. The Hall–Kier alpha value is -2.82. The van der Waals surface area contributed by atoms with Crippen LogP contribution < -0.4 is 10.1 Å². The van der Waals surface area contributed by atoms with E-state index < -0.39 is 0 Å². The maximum atomic E-state index is 11.7. The van der Waals surface area contributed by atoms with Crippen molar-refractivity contribution in [1.82, 2.24) is 14.9 Å². The van der Waals surface area contributed by atoms with Gasteiger partial charge in [0.2, 0.25) is 5.91 Å². The fourth-order valence-electron chi connectivity index (χ4n) is 3.90. The van der Waals surface area contributed by atoms with E-state index >= 15 is 0 Å². The number of nitrogens with one attached hydrogen (secondary N) is 1. The normalized spacial score (nSPS) is 13.5. The van der Waals surface area contributed by atoms with Crippen LogP contribution in [0.3, 0.4) is 0 Å². The molecule has 1 amide bonds. The molecule has 1 heterocycles. The Kier molecular flexibility index (Phi) is 7.23. The van der Waals surface area contributed by atoms with E-state index in [0.717, 1.165) is 75.1 Å². The second-order valence-electron chi connectivity index (χ2n) is 8.56. The lowest BCUT2D eigenvalue weighted by Crippen LogP contribution is -2.25. The summed E-state index contributed by atoms with van der Waals surface area (Å²) in [5.74, 6) is 2.62. The monoisotopic (exact) mass is 419 g/mol. The Bertz CT molecular complexity index is 990. The van der Waals surface area contributed by atoms with Gasteiger partial charge in [0.25, 0.3) is 0 Å². The molecule has 31 heavy (non-hydrogen) atoms. The Balaban J connectivity index is 1.25. The zero-order chi connectivity index (χ0) is 21.5. The van der Waals surface area contributed by atoms with Crippen molar-refractivity contribution in [2.24, 2.45) is 5.92 Å². The Morgan fingerprint density at radius 3 is 2.68 bits per heavy atom. The van der Waals surface area contributed by atoms with Crippen molar-refractivity contribution in [3.8, 4) is 5.75 Å². The summed E-state index contributed by atoms with van der Waals surface area (Å²) in [4.78, 5) is 16.6. The number of aryl methyl sites for hydroxylation is 3. The number of aromatic nitrogens is 2. The number of carbonyl (C=O) groups excluding carboxylic acids is 1. The van der Waals surface area contributed by atoms with Gasteiger partial charge in [0.05, 0.1) is 17.6 Å². The van der Waals surface area contributed by atoms with E-state index in [-0.39, 0.29) is 5.91 Å². The summed E-state index contributed by atoms with van der Waals surface area (Å²) >= 11 is 0. The van der Waals surface area contributed by atoms with Crippen LogP contribution in [-0.4, -0.2) is 28.6 Å². The number of hydrogen-bond donors (Lipinski definition) is 1. The first-order valence-corrected chi connectivity index (χ1v) is 11.6. The molecule has 164 valence electrons. The molecule has 0 spiro atoms. The first kappa shape index (κ1) is 21.4. The van der Waals surface area contributed by atoms with E-state index in [4.69, 9.17) is 9.72 Å². The standard InChI is InChI=1S/C26H33N3O2/c1-20-11-15-22(16-12-20)31-19-7-18-29-24-9-5-4-8-23(24)28-25(29)10-3-2-6-17-27-26(30)21-13-14-21/h4-5,8-9,11-12,15-16,21H,2-3,6-7,10,13-14,17-19H2,1H3,(H,27,30). The smallest absolute Gasteiger partial charge is 0.223 e. The molecule has 3 aromatic rings. The van der Waals surface area contributed by atoms with E-state index in [1.807, 2.05) is 18.2 Å². The number of imidazole rings is 1. The summed E-state index contributed by atoms with van der Waals surface area (Å²) in [6.45, 7) is 4.47. The van der Waals surface area contributed by atoms with E-state index in [1.165, 1.54) is 11.1 Å².